The van der Waals surface area contributed by atoms with E-state index in [4.69, 9.17) is 4.74 Å². The first-order valence-corrected chi connectivity index (χ1v) is 6.42. The normalized spacial score (nSPS) is 17.2. The highest BCUT2D eigenvalue weighted by atomic mass is 16.5. The first-order valence-electron chi connectivity index (χ1n) is 6.42. The van der Waals surface area contributed by atoms with Crippen molar-refractivity contribution in [3.63, 3.8) is 0 Å². The molecule has 0 fully saturated rings. The van der Waals surface area contributed by atoms with Crippen molar-refractivity contribution in [1.82, 2.24) is 4.98 Å². The van der Waals surface area contributed by atoms with Crippen LogP contribution >= 0.6 is 0 Å². The molecule has 0 saturated heterocycles. The molecule has 1 atom stereocenters. The molecule has 2 heterocycles. The summed E-state index contributed by atoms with van der Waals surface area (Å²) in [6.45, 7) is 0. The van der Waals surface area contributed by atoms with Crippen LogP contribution in [0, 0.1) is 6.20 Å². The molecule has 1 aliphatic rings. The van der Waals surface area contributed by atoms with Crippen LogP contribution in [0.1, 0.15) is 17.4 Å². The van der Waals surface area contributed by atoms with E-state index in [0.717, 1.165) is 28.6 Å². The number of rotatable bonds is 1. The van der Waals surface area contributed by atoms with Crippen molar-refractivity contribution in [2.24, 2.45) is 0 Å². The summed E-state index contributed by atoms with van der Waals surface area (Å²) in [6.07, 6.45) is 3.99. The van der Waals surface area contributed by atoms with Gasteiger partial charge in [0.25, 0.3) is 0 Å². The van der Waals surface area contributed by atoms with E-state index < -0.39 is 0 Å². The van der Waals surface area contributed by atoms with Crippen molar-refractivity contribution in [3.8, 4) is 5.75 Å². The highest BCUT2D eigenvalue weighted by Gasteiger charge is 2.24. The molecule has 1 aliphatic heterocycles. The number of fused-ring (bicyclic) bond motifs is 2. The monoisotopic (exact) mass is 246 g/mol. The SMILES string of the molecule is [c]1nc(C2Cc3ccccc3O2)cc2ccccc12. The van der Waals surface area contributed by atoms with Gasteiger partial charge in [0.1, 0.15) is 11.9 Å². The third-order valence-electron chi connectivity index (χ3n) is 3.55. The van der Waals surface area contributed by atoms with E-state index in [9.17, 15) is 0 Å². The molecule has 0 N–H and O–H groups in total. The molecule has 2 aromatic carbocycles. The van der Waals surface area contributed by atoms with Crippen molar-refractivity contribution in [2.45, 2.75) is 12.5 Å². The van der Waals surface area contributed by atoms with Gasteiger partial charge in [-0.25, -0.2) is 4.98 Å². The number of para-hydroxylation sites is 1. The molecule has 3 aromatic rings. The molecule has 4 rings (SSSR count). The van der Waals surface area contributed by atoms with Gasteiger partial charge in [0.2, 0.25) is 0 Å². The summed E-state index contributed by atoms with van der Waals surface area (Å²) in [5.74, 6) is 0.974. The summed E-state index contributed by atoms with van der Waals surface area (Å²) in [5, 5.41) is 2.20. The largest absolute Gasteiger partial charge is 0.483 e. The molecule has 2 nitrogen and oxygen atoms in total. The standard InChI is InChI=1S/C17H12NO/c1-2-7-14-11-18-15(9-12(14)5-1)17-10-13-6-3-4-8-16(13)19-17/h1-9,17H,10H2. The Kier molecular flexibility index (Phi) is 2.27. The lowest BCUT2D eigenvalue weighted by Gasteiger charge is -2.10. The van der Waals surface area contributed by atoms with Crippen LogP contribution < -0.4 is 4.74 Å². The van der Waals surface area contributed by atoms with Gasteiger partial charge in [-0.2, -0.15) is 0 Å². The van der Waals surface area contributed by atoms with Crippen LogP contribution in [0.5, 0.6) is 5.75 Å². The zero-order valence-corrected chi connectivity index (χ0v) is 10.3. The fraction of sp³-hybridized carbons (Fsp3) is 0.118. The summed E-state index contributed by atoms with van der Waals surface area (Å²) in [7, 11) is 0. The predicted molar refractivity (Wildman–Crippen MR) is 74.1 cm³/mol. The topological polar surface area (TPSA) is 22.1 Å². The minimum absolute atomic E-state index is 0.0123. The van der Waals surface area contributed by atoms with Crippen molar-refractivity contribution in [1.29, 1.82) is 0 Å². The van der Waals surface area contributed by atoms with Crippen LogP contribution in [0.4, 0.5) is 0 Å². The van der Waals surface area contributed by atoms with Crippen molar-refractivity contribution in [2.75, 3.05) is 0 Å². The highest BCUT2D eigenvalue weighted by molar-refractivity contribution is 5.81. The zero-order chi connectivity index (χ0) is 12.7. The molecule has 1 radical (unpaired) electrons. The van der Waals surface area contributed by atoms with Crippen molar-refractivity contribution >= 4 is 10.8 Å². The molecule has 91 valence electrons. The number of hydrogen-bond donors (Lipinski definition) is 0. The average molecular weight is 246 g/mol. The van der Waals surface area contributed by atoms with Gasteiger partial charge in [-0.3, -0.25) is 0 Å². The average Bonchev–Trinajstić information content (AvgIpc) is 2.90. The van der Waals surface area contributed by atoms with E-state index in [2.05, 4.69) is 29.4 Å². The number of benzene rings is 2. The number of nitrogens with zero attached hydrogens (tertiary/aromatic N) is 1. The number of ether oxygens (including phenoxy) is 1. The van der Waals surface area contributed by atoms with Crippen molar-refractivity contribution < 1.29 is 4.74 Å². The second kappa shape index (κ2) is 4.09. The van der Waals surface area contributed by atoms with Crippen LogP contribution in [-0.4, -0.2) is 4.98 Å². The summed E-state index contributed by atoms with van der Waals surface area (Å²) in [4.78, 5) is 4.42. The van der Waals surface area contributed by atoms with Gasteiger partial charge >= 0.3 is 0 Å². The zero-order valence-electron chi connectivity index (χ0n) is 10.3. The van der Waals surface area contributed by atoms with E-state index in [1.165, 1.54) is 5.56 Å². The quantitative estimate of drug-likeness (QED) is 0.653. The van der Waals surface area contributed by atoms with Crippen LogP contribution in [0.2, 0.25) is 0 Å². The molecule has 19 heavy (non-hydrogen) atoms. The molecular weight excluding hydrogens is 234 g/mol. The smallest absolute Gasteiger partial charge is 0.145 e. The van der Waals surface area contributed by atoms with E-state index in [1.54, 1.807) is 0 Å². The fourth-order valence-corrected chi connectivity index (χ4v) is 2.55. The second-order valence-electron chi connectivity index (χ2n) is 4.80. The lowest BCUT2D eigenvalue weighted by atomic mass is 10.1. The Hall–Kier alpha value is -2.35. The molecule has 0 spiro atoms. The third-order valence-corrected chi connectivity index (χ3v) is 3.55. The molecular formula is C17H12NO. The summed E-state index contributed by atoms with van der Waals surface area (Å²) >= 11 is 0. The Balaban J connectivity index is 1.73. The van der Waals surface area contributed by atoms with E-state index in [0.29, 0.717) is 0 Å². The second-order valence-corrected chi connectivity index (χ2v) is 4.80. The Bertz CT molecular complexity index is 726. The summed E-state index contributed by atoms with van der Waals surface area (Å²) < 4.78 is 5.96. The van der Waals surface area contributed by atoms with Gasteiger partial charge in [0, 0.05) is 11.8 Å². The van der Waals surface area contributed by atoms with Gasteiger partial charge in [-0.05, 0) is 23.1 Å². The van der Waals surface area contributed by atoms with E-state index >= 15 is 0 Å². The van der Waals surface area contributed by atoms with E-state index in [1.807, 2.05) is 36.4 Å². The van der Waals surface area contributed by atoms with Gasteiger partial charge in [0.15, 0.2) is 0 Å². The number of hydrogen-bond acceptors (Lipinski definition) is 2. The number of pyridine rings is 1. The van der Waals surface area contributed by atoms with E-state index in [-0.39, 0.29) is 6.10 Å². The number of aromatic nitrogens is 1. The maximum atomic E-state index is 5.96. The lowest BCUT2D eigenvalue weighted by Crippen LogP contribution is -2.05. The van der Waals surface area contributed by atoms with Crippen LogP contribution in [0.25, 0.3) is 10.8 Å². The Morgan fingerprint density at radius 1 is 1.05 bits per heavy atom. The summed E-state index contributed by atoms with van der Waals surface area (Å²) in [6, 6.07) is 18.4. The minimum Gasteiger partial charge on any atom is -0.483 e. The predicted octanol–water partition coefficient (Wildman–Crippen LogP) is 3.71. The molecule has 0 aliphatic carbocycles. The molecule has 2 heteroatoms. The third kappa shape index (κ3) is 1.76. The van der Waals surface area contributed by atoms with Crippen LogP contribution in [0.3, 0.4) is 0 Å². The van der Waals surface area contributed by atoms with Gasteiger partial charge in [-0.1, -0.05) is 42.5 Å². The van der Waals surface area contributed by atoms with Gasteiger partial charge in [0.05, 0.1) is 11.9 Å². The molecule has 0 bridgehead atoms. The Labute approximate surface area is 111 Å². The first-order chi connectivity index (χ1) is 9.40. The Morgan fingerprint density at radius 3 is 2.84 bits per heavy atom. The minimum atomic E-state index is 0.0123. The van der Waals surface area contributed by atoms with Crippen molar-refractivity contribution in [3.05, 3.63) is 72.1 Å². The highest BCUT2D eigenvalue weighted by Crippen LogP contribution is 2.36. The van der Waals surface area contributed by atoms with Gasteiger partial charge in [-0.15, -0.1) is 0 Å². The maximum Gasteiger partial charge on any atom is 0.145 e. The van der Waals surface area contributed by atoms with Crippen LogP contribution in [-0.2, 0) is 6.42 Å². The van der Waals surface area contributed by atoms with Gasteiger partial charge < -0.3 is 4.74 Å². The van der Waals surface area contributed by atoms with Crippen LogP contribution in [0.15, 0.2) is 54.6 Å². The first kappa shape index (κ1) is 10.6. The maximum absolute atomic E-state index is 5.96. The molecule has 1 unspecified atom stereocenters. The molecule has 0 amide bonds. The Morgan fingerprint density at radius 2 is 1.89 bits per heavy atom. The molecule has 0 saturated carbocycles. The molecule has 1 aromatic heterocycles. The fourth-order valence-electron chi connectivity index (χ4n) is 2.55. The summed E-state index contributed by atoms with van der Waals surface area (Å²) in [5.41, 5.74) is 2.21. The lowest BCUT2D eigenvalue weighted by molar-refractivity contribution is 0.233.